The van der Waals surface area contributed by atoms with Gasteiger partial charge in [0.2, 0.25) is 0 Å². The first-order valence-corrected chi connectivity index (χ1v) is 6.17. The number of ether oxygens (including phenoxy) is 1. The van der Waals surface area contributed by atoms with Gasteiger partial charge in [0.05, 0.1) is 12.1 Å². The molecular formula is C12H15N3O2S. The molecule has 18 heavy (non-hydrogen) atoms. The van der Waals surface area contributed by atoms with Crippen LogP contribution in [0.25, 0.3) is 0 Å². The molecule has 2 atom stereocenters. The van der Waals surface area contributed by atoms with Crippen LogP contribution in [0.15, 0.2) is 18.3 Å². The van der Waals surface area contributed by atoms with Gasteiger partial charge in [-0.3, -0.25) is 9.78 Å². The van der Waals surface area contributed by atoms with Crippen molar-refractivity contribution in [1.82, 2.24) is 10.3 Å². The second-order valence-electron chi connectivity index (χ2n) is 4.24. The number of nitrogens with one attached hydrogen (secondary N) is 1. The van der Waals surface area contributed by atoms with Crippen LogP contribution >= 0.6 is 12.2 Å². The van der Waals surface area contributed by atoms with E-state index in [0.29, 0.717) is 17.9 Å². The molecule has 0 saturated carbocycles. The quantitative estimate of drug-likeness (QED) is 0.784. The van der Waals surface area contributed by atoms with Crippen LogP contribution in [-0.2, 0) is 4.74 Å². The van der Waals surface area contributed by atoms with E-state index in [4.69, 9.17) is 22.7 Å². The minimum atomic E-state index is -0.202. The second kappa shape index (κ2) is 5.41. The Morgan fingerprint density at radius 1 is 1.61 bits per heavy atom. The lowest BCUT2D eigenvalue weighted by atomic mass is 10.1. The summed E-state index contributed by atoms with van der Waals surface area (Å²) in [6, 6.07) is 3.36. The van der Waals surface area contributed by atoms with Crippen molar-refractivity contribution >= 4 is 23.1 Å². The lowest BCUT2D eigenvalue weighted by Crippen LogP contribution is -2.39. The summed E-state index contributed by atoms with van der Waals surface area (Å²) in [5.74, 6) is -0.202. The zero-order valence-corrected chi connectivity index (χ0v) is 10.9. The molecule has 1 aromatic heterocycles. The molecule has 3 N–H and O–H groups in total. The molecule has 5 nitrogen and oxygen atoms in total. The summed E-state index contributed by atoms with van der Waals surface area (Å²) in [5, 5.41) is 2.90. The minimum absolute atomic E-state index is 0.0462. The van der Waals surface area contributed by atoms with Crippen molar-refractivity contribution in [3.05, 3.63) is 29.6 Å². The molecule has 2 unspecified atom stereocenters. The fourth-order valence-corrected chi connectivity index (χ4v) is 1.96. The van der Waals surface area contributed by atoms with E-state index < -0.39 is 0 Å². The van der Waals surface area contributed by atoms with Crippen LogP contribution in [0, 0.1) is 0 Å². The molecule has 0 spiro atoms. The number of thiocarbonyl (C=S) groups is 1. The summed E-state index contributed by atoms with van der Waals surface area (Å²) in [7, 11) is 0. The molecule has 96 valence electrons. The van der Waals surface area contributed by atoms with Crippen molar-refractivity contribution in [3.63, 3.8) is 0 Å². The number of nitrogens with zero attached hydrogens (tertiary/aromatic N) is 1. The third kappa shape index (κ3) is 2.83. The maximum atomic E-state index is 11.9. The average molecular weight is 265 g/mol. The predicted octanol–water partition coefficient (Wildman–Crippen LogP) is 0.623. The number of nitrogens with two attached hydrogens (primary N) is 1. The largest absolute Gasteiger partial charge is 0.389 e. The molecule has 0 radical (unpaired) electrons. The number of amides is 1. The van der Waals surface area contributed by atoms with Crippen LogP contribution in [0.2, 0.25) is 0 Å². The average Bonchev–Trinajstić information content (AvgIpc) is 2.75. The zero-order valence-electron chi connectivity index (χ0n) is 10.1. The smallest absolute Gasteiger partial charge is 0.270 e. The summed E-state index contributed by atoms with van der Waals surface area (Å²) < 4.78 is 5.38. The molecule has 1 aromatic rings. The van der Waals surface area contributed by atoms with Crippen molar-refractivity contribution in [3.8, 4) is 0 Å². The maximum Gasteiger partial charge on any atom is 0.270 e. The number of carbonyl (C=O) groups excluding carboxylic acids is 1. The third-order valence-electron chi connectivity index (χ3n) is 2.97. The van der Waals surface area contributed by atoms with Crippen LogP contribution in [0.1, 0.15) is 29.4 Å². The first-order valence-electron chi connectivity index (χ1n) is 5.76. The molecule has 1 saturated heterocycles. The van der Waals surface area contributed by atoms with E-state index in [2.05, 4.69) is 10.3 Å². The number of hydrogen-bond donors (Lipinski definition) is 2. The monoisotopic (exact) mass is 265 g/mol. The van der Waals surface area contributed by atoms with E-state index in [-0.39, 0.29) is 23.0 Å². The Labute approximate surface area is 111 Å². The number of rotatable bonds is 3. The molecule has 1 aliphatic heterocycles. The van der Waals surface area contributed by atoms with Gasteiger partial charge in [-0.05, 0) is 25.5 Å². The van der Waals surface area contributed by atoms with Crippen molar-refractivity contribution < 1.29 is 9.53 Å². The van der Waals surface area contributed by atoms with Crippen LogP contribution in [0.5, 0.6) is 0 Å². The fraction of sp³-hybridized carbons (Fsp3) is 0.417. The highest BCUT2D eigenvalue weighted by Crippen LogP contribution is 2.13. The Balaban J connectivity index is 2.02. The van der Waals surface area contributed by atoms with E-state index in [1.54, 1.807) is 12.1 Å². The van der Waals surface area contributed by atoms with Gasteiger partial charge in [-0.1, -0.05) is 12.2 Å². The second-order valence-corrected chi connectivity index (χ2v) is 4.68. The lowest BCUT2D eigenvalue weighted by molar-refractivity contribution is 0.0862. The molecule has 6 heteroatoms. The normalized spacial score (nSPS) is 22.7. The Morgan fingerprint density at radius 3 is 2.89 bits per heavy atom. The topological polar surface area (TPSA) is 77.2 Å². The Kier molecular flexibility index (Phi) is 3.88. The molecule has 0 aromatic carbocycles. The van der Waals surface area contributed by atoms with E-state index in [1.165, 1.54) is 6.20 Å². The van der Waals surface area contributed by atoms with E-state index in [1.807, 2.05) is 6.92 Å². The number of hydrogen-bond acceptors (Lipinski definition) is 4. The van der Waals surface area contributed by atoms with Gasteiger partial charge in [0.1, 0.15) is 10.7 Å². The van der Waals surface area contributed by atoms with Crippen LogP contribution in [0.4, 0.5) is 0 Å². The molecule has 1 fully saturated rings. The van der Waals surface area contributed by atoms with Gasteiger partial charge in [-0.15, -0.1) is 0 Å². The fourth-order valence-electron chi connectivity index (χ4n) is 1.84. The first-order chi connectivity index (χ1) is 8.58. The van der Waals surface area contributed by atoms with Crippen LogP contribution in [0.3, 0.4) is 0 Å². The summed E-state index contributed by atoms with van der Waals surface area (Å²) in [6.07, 6.45) is 2.38. The predicted molar refractivity (Wildman–Crippen MR) is 71.4 cm³/mol. The SMILES string of the molecule is CC1OCCC1NC(=O)c1ccc(C(N)=S)cn1. The Bertz CT molecular complexity index is 461. The van der Waals surface area contributed by atoms with Gasteiger partial charge in [0.15, 0.2) is 0 Å². The molecule has 1 aliphatic rings. The Morgan fingerprint density at radius 2 is 2.39 bits per heavy atom. The molecule has 0 aliphatic carbocycles. The number of aromatic nitrogens is 1. The molecule has 0 bridgehead atoms. The lowest BCUT2D eigenvalue weighted by Gasteiger charge is -2.15. The minimum Gasteiger partial charge on any atom is -0.389 e. The summed E-state index contributed by atoms with van der Waals surface area (Å²) in [6.45, 7) is 2.63. The number of pyridine rings is 1. The molecule has 1 amide bonds. The van der Waals surface area contributed by atoms with Crippen molar-refractivity contribution in [2.75, 3.05) is 6.61 Å². The van der Waals surface area contributed by atoms with Gasteiger partial charge in [-0.25, -0.2) is 0 Å². The van der Waals surface area contributed by atoms with Crippen LogP contribution < -0.4 is 11.1 Å². The van der Waals surface area contributed by atoms with Gasteiger partial charge in [0, 0.05) is 18.4 Å². The maximum absolute atomic E-state index is 11.9. The Hall–Kier alpha value is -1.53. The highest BCUT2D eigenvalue weighted by molar-refractivity contribution is 7.80. The standard InChI is InChI=1S/C12H15N3O2S/c1-7-9(4-5-17-7)15-12(16)10-3-2-8(6-14-10)11(13)18/h2-3,6-7,9H,4-5H2,1H3,(H2,13,18)(H,15,16). The highest BCUT2D eigenvalue weighted by atomic mass is 32.1. The molecule has 2 rings (SSSR count). The van der Waals surface area contributed by atoms with Crippen LogP contribution in [-0.4, -0.2) is 34.6 Å². The summed E-state index contributed by atoms with van der Waals surface area (Å²) in [5.41, 5.74) is 6.47. The third-order valence-corrected chi connectivity index (χ3v) is 3.21. The van der Waals surface area contributed by atoms with Crippen molar-refractivity contribution in [1.29, 1.82) is 0 Å². The highest BCUT2D eigenvalue weighted by Gasteiger charge is 2.26. The van der Waals surface area contributed by atoms with E-state index in [0.717, 1.165) is 6.42 Å². The van der Waals surface area contributed by atoms with Gasteiger partial charge in [-0.2, -0.15) is 0 Å². The van der Waals surface area contributed by atoms with Crippen molar-refractivity contribution in [2.45, 2.75) is 25.5 Å². The molecular weight excluding hydrogens is 250 g/mol. The summed E-state index contributed by atoms with van der Waals surface area (Å²) in [4.78, 5) is 16.3. The van der Waals surface area contributed by atoms with Crippen molar-refractivity contribution in [2.24, 2.45) is 5.73 Å². The van der Waals surface area contributed by atoms with Gasteiger partial charge >= 0.3 is 0 Å². The number of carbonyl (C=O) groups is 1. The summed E-state index contributed by atoms with van der Waals surface area (Å²) >= 11 is 4.82. The zero-order chi connectivity index (χ0) is 13.1. The first kappa shape index (κ1) is 12.9. The van der Waals surface area contributed by atoms with E-state index in [9.17, 15) is 4.79 Å². The van der Waals surface area contributed by atoms with E-state index >= 15 is 0 Å². The van der Waals surface area contributed by atoms with Gasteiger partial charge in [0.25, 0.3) is 5.91 Å². The molecule has 2 heterocycles. The van der Waals surface area contributed by atoms with Gasteiger partial charge < -0.3 is 15.8 Å².